The van der Waals surface area contributed by atoms with Gasteiger partial charge in [-0.05, 0) is 30.6 Å². The molecule has 0 radical (unpaired) electrons. The predicted octanol–water partition coefficient (Wildman–Crippen LogP) is 0.567. The first-order valence-corrected chi connectivity index (χ1v) is 7.81. The van der Waals surface area contributed by atoms with Crippen molar-refractivity contribution in [2.75, 3.05) is 19.7 Å². The van der Waals surface area contributed by atoms with Gasteiger partial charge in [-0.15, -0.1) is 12.4 Å². The lowest BCUT2D eigenvalue weighted by molar-refractivity contribution is -0.127. The van der Waals surface area contributed by atoms with E-state index in [0.29, 0.717) is 6.54 Å². The van der Waals surface area contributed by atoms with Gasteiger partial charge < -0.3 is 21.5 Å². The molecular formula is C15H30ClN3O3. The molecule has 0 aromatic carbocycles. The Morgan fingerprint density at radius 2 is 1.82 bits per heavy atom. The lowest BCUT2D eigenvalue weighted by Gasteiger charge is -2.28. The summed E-state index contributed by atoms with van der Waals surface area (Å²) in [5.74, 6) is -0.464. The summed E-state index contributed by atoms with van der Waals surface area (Å²) in [5, 5.41) is 14.6. The number of halogens is 1. The molecule has 0 bridgehead atoms. The zero-order valence-corrected chi connectivity index (χ0v) is 14.4. The van der Waals surface area contributed by atoms with Crippen LogP contribution in [0.25, 0.3) is 0 Å². The van der Waals surface area contributed by atoms with E-state index in [1.54, 1.807) is 0 Å². The normalized spacial score (nSPS) is 17.7. The lowest BCUT2D eigenvalue weighted by Crippen LogP contribution is -2.48. The highest BCUT2D eigenvalue weighted by atomic mass is 35.5. The molecule has 1 aliphatic rings. The zero-order chi connectivity index (χ0) is 15.9. The van der Waals surface area contributed by atoms with Crippen molar-refractivity contribution in [1.29, 1.82) is 0 Å². The number of amides is 2. The van der Waals surface area contributed by atoms with Crippen LogP contribution in [0, 0.1) is 11.3 Å². The van der Waals surface area contributed by atoms with E-state index in [9.17, 15) is 9.59 Å². The number of rotatable bonds is 8. The molecule has 0 aromatic rings. The summed E-state index contributed by atoms with van der Waals surface area (Å²) < 4.78 is 0. The van der Waals surface area contributed by atoms with Crippen LogP contribution in [0.5, 0.6) is 0 Å². The number of hydrogen-bond acceptors (Lipinski definition) is 4. The summed E-state index contributed by atoms with van der Waals surface area (Å²) in [6, 6.07) is -0.589. The van der Waals surface area contributed by atoms with Crippen molar-refractivity contribution >= 4 is 24.2 Å². The van der Waals surface area contributed by atoms with Gasteiger partial charge in [0.05, 0.1) is 12.6 Å². The molecule has 1 rings (SSSR count). The molecule has 0 spiro atoms. The van der Waals surface area contributed by atoms with Crippen LogP contribution < -0.4 is 16.4 Å². The Morgan fingerprint density at radius 1 is 1.23 bits per heavy atom. The molecule has 0 heterocycles. The fourth-order valence-corrected chi connectivity index (χ4v) is 2.81. The minimum absolute atomic E-state index is 0. The predicted molar refractivity (Wildman–Crippen MR) is 88.7 cm³/mol. The van der Waals surface area contributed by atoms with Gasteiger partial charge in [0.25, 0.3) is 0 Å². The standard InChI is InChI=1S/C15H29N3O3.ClH/c1-11(2)13(16)14(21)17-9-12(20)18-10-15(7-8-19)5-3-4-6-15;/h11,13,19H,3-10,16H2,1-2H3,(H,17,21)(H,18,20);1H/t13-;/m0./s1. The Bertz CT molecular complexity index is 358. The van der Waals surface area contributed by atoms with E-state index in [1.165, 1.54) is 0 Å². The molecule has 6 nitrogen and oxygen atoms in total. The van der Waals surface area contributed by atoms with Crippen LogP contribution in [0.3, 0.4) is 0 Å². The Hall–Kier alpha value is -0.850. The van der Waals surface area contributed by atoms with Gasteiger partial charge in [-0.3, -0.25) is 9.59 Å². The van der Waals surface area contributed by atoms with Crippen LogP contribution in [0.2, 0.25) is 0 Å². The molecule has 0 unspecified atom stereocenters. The first-order valence-electron chi connectivity index (χ1n) is 7.81. The second-order valence-corrected chi connectivity index (χ2v) is 6.45. The summed E-state index contributed by atoms with van der Waals surface area (Å²) >= 11 is 0. The molecular weight excluding hydrogens is 306 g/mol. The number of hydrogen-bond donors (Lipinski definition) is 4. The van der Waals surface area contributed by atoms with E-state index in [2.05, 4.69) is 10.6 Å². The fourth-order valence-electron chi connectivity index (χ4n) is 2.81. The van der Waals surface area contributed by atoms with Crippen LogP contribution in [-0.4, -0.2) is 42.7 Å². The first kappa shape index (κ1) is 21.1. The summed E-state index contributed by atoms with van der Waals surface area (Å²) in [5.41, 5.74) is 5.74. The van der Waals surface area contributed by atoms with Gasteiger partial charge >= 0.3 is 0 Å². The molecule has 5 N–H and O–H groups in total. The summed E-state index contributed by atoms with van der Waals surface area (Å²) in [6.07, 6.45) is 5.10. The van der Waals surface area contributed by atoms with Crippen molar-refractivity contribution in [3.8, 4) is 0 Å². The van der Waals surface area contributed by atoms with Crippen LogP contribution in [0.1, 0.15) is 46.0 Å². The van der Waals surface area contributed by atoms with E-state index in [-0.39, 0.29) is 48.7 Å². The van der Waals surface area contributed by atoms with Crippen molar-refractivity contribution in [2.45, 2.75) is 52.0 Å². The Balaban J connectivity index is 0.00000441. The average Bonchev–Trinajstić information content (AvgIpc) is 2.91. The van der Waals surface area contributed by atoms with Gasteiger partial charge in [-0.25, -0.2) is 0 Å². The largest absolute Gasteiger partial charge is 0.396 e. The zero-order valence-electron chi connectivity index (χ0n) is 13.6. The minimum atomic E-state index is -0.589. The van der Waals surface area contributed by atoms with Gasteiger partial charge in [0.15, 0.2) is 0 Å². The molecule has 0 aliphatic heterocycles. The summed E-state index contributed by atoms with van der Waals surface area (Å²) in [7, 11) is 0. The van der Waals surface area contributed by atoms with E-state index < -0.39 is 6.04 Å². The third-order valence-corrected chi connectivity index (χ3v) is 4.41. The SMILES string of the molecule is CC(C)[C@H](N)C(=O)NCC(=O)NCC1(CCO)CCCC1.Cl. The van der Waals surface area contributed by atoms with Gasteiger partial charge in [-0.2, -0.15) is 0 Å². The Morgan fingerprint density at radius 3 is 2.32 bits per heavy atom. The van der Waals surface area contributed by atoms with Crippen molar-refractivity contribution < 1.29 is 14.7 Å². The Labute approximate surface area is 139 Å². The number of nitrogens with two attached hydrogens (primary N) is 1. The lowest BCUT2D eigenvalue weighted by atomic mass is 9.83. The van der Waals surface area contributed by atoms with Crippen molar-refractivity contribution in [3.05, 3.63) is 0 Å². The molecule has 22 heavy (non-hydrogen) atoms. The van der Waals surface area contributed by atoms with Crippen molar-refractivity contribution in [3.63, 3.8) is 0 Å². The highest BCUT2D eigenvalue weighted by Gasteiger charge is 2.33. The van der Waals surface area contributed by atoms with E-state index in [4.69, 9.17) is 10.8 Å². The summed E-state index contributed by atoms with van der Waals surface area (Å²) in [4.78, 5) is 23.5. The van der Waals surface area contributed by atoms with E-state index in [0.717, 1.165) is 32.1 Å². The molecule has 130 valence electrons. The molecule has 1 saturated carbocycles. The van der Waals surface area contributed by atoms with Crippen LogP contribution in [0.4, 0.5) is 0 Å². The molecule has 0 saturated heterocycles. The third kappa shape index (κ3) is 6.50. The molecule has 1 aliphatic carbocycles. The number of aliphatic hydroxyl groups is 1. The molecule has 7 heteroatoms. The first-order chi connectivity index (χ1) is 9.90. The van der Waals surface area contributed by atoms with Gasteiger partial charge in [0.1, 0.15) is 0 Å². The number of carbonyl (C=O) groups excluding carboxylic acids is 2. The van der Waals surface area contributed by atoms with Crippen molar-refractivity contribution in [1.82, 2.24) is 10.6 Å². The maximum Gasteiger partial charge on any atom is 0.239 e. The highest BCUT2D eigenvalue weighted by molar-refractivity contribution is 5.87. The third-order valence-electron chi connectivity index (χ3n) is 4.41. The molecule has 2 amide bonds. The quantitative estimate of drug-likeness (QED) is 0.520. The maximum atomic E-state index is 11.8. The number of carbonyl (C=O) groups is 2. The van der Waals surface area contributed by atoms with Crippen LogP contribution >= 0.6 is 12.4 Å². The van der Waals surface area contributed by atoms with Gasteiger partial charge in [-0.1, -0.05) is 26.7 Å². The Kier molecular flexibility index (Phi) is 9.64. The van der Waals surface area contributed by atoms with Crippen molar-refractivity contribution in [2.24, 2.45) is 17.1 Å². The highest BCUT2D eigenvalue weighted by Crippen LogP contribution is 2.40. The molecule has 1 fully saturated rings. The number of nitrogens with one attached hydrogen (secondary N) is 2. The molecule has 1 atom stereocenters. The maximum absolute atomic E-state index is 11.8. The van der Waals surface area contributed by atoms with E-state index >= 15 is 0 Å². The number of aliphatic hydroxyl groups excluding tert-OH is 1. The van der Waals surface area contributed by atoms with E-state index in [1.807, 2.05) is 13.8 Å². The second kappa shape index (κ2) is 10.0. The monoisotopic (exact) mass is 335 g/mol. The fraction of sp³-hybridized carbons (Fsp3) is 0.867. The smallest absolute Gasteiger partial charge is 0.239 e. The van der Waals surface area contributed by atoms with Crippen LogP contribution in [-0.2, 0) is 9.59 Å². The average molecular weight is 336 g/mol. The second-order valence-electron chi connectivity index (χ2n) is 6.45. The minimum Gasteiger partial charge on any atom is -0.396 e. The van der Waals surface area contributed by atoms with Gasteiger partial charge in [0.2, 0.25) is 11.8 Å². The van der Waals surface area contributed by atoms with Crippen LogP contribution in [0.15, 0.2) is 0 Å². The van der Waals surface area contributed by atoms with Gasteiger partial charge in [0, 0.05) is 13.2 Å². The topological polar surface area (TPSA) is 104 Å². The summed E-state index contributed by atoms with van der Waals surface area (Å²) in [6.45, 7) is 4.40. The molecule has 0 aromatic heterocycles.